The number of nitrogens with zero attached hydrogens (tertiary/aromatic N) is 4. The SMILES string of the molecule is c1ccc(-c2cccc3c2sc2c(-n4c5ccccc5c5cc6c7c(nc(-c8ccccc8)n7-c7ccccc7)n(-c7ccccc7)c6cc54)cccc23)cc1. The van der Waals surface area contributed by atoms with Crippen LogP contribution in [0.2, 0.25) is 0 Å². The first kappa shape index (κ1) is 31.2. The van der Waals surface area contributed by atoms with Gasteiger partial charge in [-0.15, -0.1) is 11.3 Å². The molecule has 0 amide bonds. The van der Waals surface area contributed by atoms with Gasteiger partial charge in [-0.25, -0.2) is 4.98 Å². The summed E-state index contributed by atoms with van der Waals surface area (Å²) in [6, 6.07) is 69.8. The summed E-state index contributed by atoms with van der Waals surface area (Å²) in [6.45, 7) is 0. The summed E-state index contributed by atoms with van der Waals surface area (Å²) in [7, 11) is 0. The van der Waals surface area contributed by atoms with Gasteiger partial charge in [0.2, 0.25) is 0 Å². The van der Waals surface area contributed by atoms with Crippen LogP contribution < -0.4 is 0 Å². The second-order valence-electron chi connectivity index (χ2n) is 14.4. The quantitative estimate of drug-likeness (QED) is 0.173. The summed E-state index contributed by atoms with van der Waals surface area (Å²) in [5.74, 6) is 0.919. The van der Waals surface area contributed by atoms with Crippen LogP contribution in [-0.4, -0.2) is 18.7 Å². The van der Waals surface area contributed by atoms with Gasteiger partial charge in [0.05, 0.1) is 26.9 Å². The molecule has 4 heterocycles. The molecule has 12 rings (SSSR count). The number of rotatable bonds is 5. The predicted molar refractivity (Wildman–Crippen MR) is 236 cm³/mol. The Morgan fingerprint density at radius 3 is 1.68 bits per heavy atom. The summed E-state index contributed by atoms with van der Waals surface area (Å²) in [4.78, 5) is 5.51. The highest BCUT2D eigenvalue weighted by molar-refractivity contribution is 7.26. The van der Waals surface area contributed by atoms with Gasteiger partial charge in [0.1, 0.15) is 11.3 Å². The smallest absolute Gasteiger partial charge is 0.165 e. The molecule has 0 saturated carbocycles. The van der Waals surface area contributed by atoms with Crippen LogP contribution >= 0.6 is 11.3 Å². The maximum absolute atomic E-state index is 5.51. The second kappa shape index (κ2) is 12.2. The van der Waals surface area contributed by atoms with E-state index in [0.717, 1.165) is 44.8 Å². The van der Waals surface area contributed by atoms with Gasteiger partial charge in [-0.1, -0.05) is 146 Å². The minimum Gasteiger partial charge on any atom is -0.308 e. The minimum atomic E-state index is 0.919. The Bertz CT molecular complexity index is 3450. The molecule has 0 atom stereocenters. The third kappa shape index (κ3) is 4.49. The molecule has 0 radical (unpaired) electrons. The van der Waals surface area contributed by atoms with E-state index in [1.54, 1.807) is 0 Å². The second-order valence-corrected chi connectivity index (χ2v) is 15.4. The zero-order valence-corrected chi connectivity index (χ0v) is 31.0. The van der Waals surface area contributed by atoms with Crippen molar-refractivity contribution in [2.24, 2.45) is 0 Å². The van der Waals surface area contributed by atoms with Crippen molar-refractivity contribution in [3.63, 3.8) is 0 Å². The normalized spacial score (nSPS) is 11.9. The summed E-state index contributed by atoms with van der Waals surface area (Å²) in [6.07, 6.45) is 0. The summed E-state index contributed by atoms with van der Waals surface area (Å²) in [5, 5.41) is 6.16. The highest BCUT2D eigenvalue weighted by Crippen LogP contribution is 2.46. The third-order valence-electron chi connectivity index (χ3n) is 11.2. The summed E-state index contributed by atoms with van der Waals surface area (Å²) < 4.78 is 9.78. The first-order chi connectivity index (χ1) is 27.8. The molecule has 5 heteroatoms. The Morgan fingerprint density at radius 1 is 0.375 bits per heavy atom. The molecule has 0 bridgehead atoms. The fourth-order valence-electron chi connectivity index (χ4n) is 8.83. The van der Waals surface area contributed by atoms with Gasteiger partial charge in [0.25, 0.3) is 0 Å². The van der Waals surface area contributed by atoms with Gasteiger partial charge >= 0.3 is 0 Å². The number of hydrogen-bond donors (Lipinski definition) is 0. The number of imidazole rings is 1. The number of hydrogen-bond acceptors (Lipinski definition) is 2. The van der Waals surface area contributed by atoms with E-state index in [2.05, 4.69) is 208 Å². The lowest BCUT2D eigenvalue weighted by atomic mass is 10.0. The molecule has 0 unspecified atom stereocenters. The highest BCUT2D eigenvalue weighted by Gasteiger charge is 2.25. The molecular weight excluding hydrogens is 701 g/mol. The van der Waals surface area contributed by atoms with E-state index in [-0.39, 0.29) is 0 Å². The lowest BCUT2D eigenvalue weighted by Crippen LogP contribution is -1.98. The Kier molecular flexibility index (Phi) is 6.76. The van der Waals surface area contributed by atoms with E-state index in [0.29, 0.717) is 0 Å². The van der Waals surface area contributed by atoms with E-state index >= 15 is 0 Å². The Morgan fingerprint density at radius 2 is 0.946 bits per heavy atom. The Balaban J connectivity index is 1.22. The van der Waals surface area contributed by atoms with Crippen molar-refractivity contribution in [2.75, 3.05) is 0 Å². The average molecular weight is 733 g/mol. The van der Waals surface area contributed by atoms with Gasteiger partial charge in [-0.2, -0.15) is 0 Å². The number of fused-ring (bicyclic) bond motifs is 9. The fourth-order valence-corrected chi connectivity index (χ4v) is 10.2. The van der Waals surface area contributed by atoms with Crippen molar-refractivity contribution in [3.8, 4) is 39.6 Å². The van der Waals surface area contributed by atoms with Gasteiger partial charge in [-0.3, -0.25) is 9.13 Å². The zero-order chi connectivity index (χ0) is 36.7. The molecular formula is C51H32N4S. The molecule has 4 aromatic heterocycles. The van der Waals surface area contributed by atoms with Crippen LogP contribution in [0.5, 0.6) is 0 Å². The van der Waals surface area contributed by atoms with E-state index in [1.165, 1.54) is 58.8 Å². The Hall–Kier alpha value is -7.21. The lowest BCUT2D eigenvalue weighted by molar-refractivity contribution is 1.10. The topological polar surface area (TPSA) is 27.7 Å². The van der Waals surface area contributed by atoms with Crippen LogP contribution in [0.15, 0.2) is 194 Å². The van der Waals surface area contributed by atoms with Crippen LogP contribution in [0, 0.1) is 0 Å². The van der Waals surface area contributed by atoms with Crippen LogP contribution in [0.4, 0.5) is 0 Å². The maximum Gasteiger partial charge on any atom is 0.165 e. The third-order valence-corrected chi connectivity index (χ3v) is 12.5. The molecule has 0 aliphatic carbocycles. The maximum atomic E-state index is 5.51. The molecule has 8 aromatic carbocycles. The van der Waals surface area contributed by atoms with Gasteiger partial charge in [0.15, 0.2) is 5.65 Å². The fraction of sp³-hybridized carbons (Fsp3) is 0. The molecule has 12 aromatic rings. The standard InChI is InChI=1S/C51H32N4S/c1-5-17-33(18-6-1)37-26-15-27-39-40-28-16-30-44(49(40)56-48(37)39)55-43-29-14-13-25-38(43)41-31-42-46(32-45(41)55)53(35-21-9-3-10-22-35)51-47(42)54(36-23-11-4-12-24-36)50(52-51)34-19-7-2-8-20-34/h1-32H. The molecule has 0 spiro atoms. The average Bonchev–Trinajstić information content (AvgIpc) is 4.01. The van der Waals surface area contributed by atoms with Crippen LogP contribution in [0.3, 0.4) is 0 Å². The molecule has 0 saturated heterocycles. The molecule has 0 fully saturated rings. The molecule has 56 heavy (non-hydrogen) atoms. The molecule has 0 aliphatic rings. The van der Waals surface area contributed by atoms with Crippen molar-refractivity contribution >= 4 is 75.4 Å². The van der Waals surface area contributed by atoms with Gasteiger partial charge in [-0.05, 0) is 59.7 Å². The number of para-hydroxylation sites is 3. The van der Waals surface area contributed by atoms with E-state index in [4.69, 9.17) is 4.98 Å². The van der Waals surface area contributed by atoms with Crippen molar-refractivity contribution in [3.05, 3.63) is 194 Å². The summed E-state index contributed by atoms with van der Waals surface area (Å²) in [5.41, 5.74) is 12.4. The van der Waals surface area contributed by atoms with Crippen LogP contribution in [-0.2, 0) is 0 Å². The molecule has 4 nitrogen and oxygen atoms in total. The van der Waals surface area contributed by atoms with Crippen molar-refractivity contribution in [2.45, 2.75) is 0 Å². The minimum absolute atomic E-state index is 0.919. The first-order valence-electron chi connectivity index (χ1n) is 19.0. The number of aromatic nitrogens is 4. The Labute approximate surface area is 326 Å². The van der Waals surface area contributed by atoms with E-state index < -0.39 is 0 Å². The highest BCUT2D eigenvalue weighted by atomic mass is 32.1. The molecule has 0 N–H and O–H groups in total. The first-order valence-corrected chi connectivity index (χ1v) is 19.8. The van der Waals surface area contributed by atoms with Crippen LogP contribution in [0.25, 0.3) is 104 Å². The largest absolute Gasteiger partial charge is 0.308 e. The number of thiophene rings is 1. The molecule has 262 valence electrons. The van der Waals surface area contributed by atoms with E-state index in [9.17, 15) is 0 Å². The van der Waals surface area contributed by atoms with Crippen LogP contribution in [0.1, 0.15) is 0 Å². The number of benzene rings is 8. The van der Waals surface area contributed by atoms with E-state index in [1.807, 2.05) is 11.3 Å². The zero-order valence-electron chi connectivity index (χ0n) is 30.2. The van der Waals surface area contributed by atoms with Crippen molar-refractivity contribution in [1.82, 2.24) is 18.7 Å². The van der Waals surface area contributed by atoms with Gasteiger partial charge in [0, 0.05) is 48.6 Å². The lowest BCUT2D eigenvalue weighted by Gasteiger charge is -2.12. The van der Waals surface area contributed by atoms with Crippen molar-refractivity contribution < 1.29 is 0 Å². The molecule has 0 aliphatic heterocycles. The monoisotopic (exact) mass is 732 g/mol. The summed E-state index contributed by atoms with van der Waals surface area (Å²) >= 11 is 1.89. The van der Waals surface area contributed by atoms with Gasteiger partial charge < -0.3 is 4.57 Å². The predicted octanol–water partition coefficient (Wildman–Crippen LogP) is 13.8. The van der Waals surface area contributed by atoms with Crippen molar-refractivity contribution in [1.29, 1.82) is 0 Å².